The Labute approximate surface area is 727 Å². The smallest absolute Gasteiger partial charge is 0.305 e. The molecule has 15 atom stereocenters. The van der Waals surface area contributed by atoms with Crippen molar-refractivity contribution in [3.05, 3.63) is 120 Å². The van der Waals surface area contributed by atoms with Crippen molar-refractivity contribution in [1.29, 1.82) is 0 Å². The van der Waals surface area contributed by atoms with Crippen LogP contribution in [0, 0.1) is 11.8 Å². The molecule has 3 aromatic carbocycles. The first-order chi connectivity index (χ1) is 59.2. The predicted octanol–water partition coefficient (Wildman–Crippen LogP) is -3.74. The Kier molecular flexibility index (Phi) is 40.6. The van der Waals surface area contributed by atoms with Crippen LogP contribution in [0.4, 0.5) is 0 Å². The van der Waals surface area contributed by atoms with Crippen LogP contribution in [-0.4, -0.2) is 257 Å². The van der Waals surface area contributed by atoms with E-state index in [0.717, 1.165) is 13.8 Å². The van der Waals surface area contributed by atoms with Crippen molar-refractivity contribution in [2.45, 2.75) is 217 Å². The van der Waals surface area contributed by atoms with Gasteiger partial charge in [0.1, 0.15) is 90.3 Å². The number of primary amides is 1. The molecule has 16 amide bonds. The third-order valence-corrected chi connectivity index (χ3v) is 22.1. The van der Waals surface area contributed by atoms with Crippen molar-refractivity contribution in [3.63, 3.8) is 0 Å². The van der Waals surface area contributed by atoms with Crippen molar-refractivity contribution in [2.75, 3.05) is 24.6 Å². The maximum Gasteiger partial charge on any atom is 0.305 e. The molecule has 5 aromatic rings. The average molecular weight is 1780 g/mol. The van der Waals surface area contributed by atoms with Gasteiger partial charge in [-0.25, -0.2) is 4.98 Å². The minimum atomic E-state index is -1.98. The number of phenols is 1. The maximum atomic E-state index is 15.5. The number of phenolic OH excluding ortho intramolecular Hbond substituents is 1. The molecule has 0 aliphatic carbocycles. The number of fused-ring (bicyclic) bond motifs is 1. The van der Waals surface area contributed by atoms with Crippen LogP contribution in [0.5, 0.6) is 5.75 Å². The van der Waals surface area contributed by atoms with Crippen LogP contribution in [-0.2, 0) is 112 Å². The Bertz CT molecular complexity index is 4580. The zero-order valence-corrected chi connectivity index (χ0v) is 71.8. The van der Waals surface area contributed by atoms with Gasteiger partial charge in [0.15, 0.2) is 0 Å². The molecule has 1 aliphatic rings. The number of hydrogen-bond donors (Lipinski definition) is 23. The summed E-state index contributed by atoms with van der Waals surface area (Å²) in [5.74, 6) is -22.5. The van der Waals surface area contributed by atoms with Crippen LogP contribution in [0.1, 0.15) is 123 Å². The largest absolute Gasteiger partial charge is 0.508 e. The summed E-state index contributed by atoms with van der Waals surface area (Å²) in [5.41, 5.74) is 13.4. The van der Waals surface area contributed by atoms with E-state index in [1.54, 1.807) is 74.6 Å². The number of nitrogens with zero attached hydrogens (tertiary/aromatic N) is 1. The summed E-state index contributed by atoms with van der Waals surface area (Å²) >= 11 is 0. The topological polar surface area (TPSA) is 665 Å². The van der Waals surface area contributed by atoms with Gasteiger partial charge < -0.3 is 122 Å². The highest BCUT2D eigenvalue weighted by Crippen LogP contribution is 2.26. The number of aromatic amines is 2. The highest BCUT2D eigenvalue weighted by atomic mass is 33.1. The van der Waals surface area contributed by atoms with Gasteiger partial charge in [0.05, 0.1) is 25.4 Å². The normalized spacial score (nSPS) is 21.8. The van der Waals surface area contributed by atoms with E-state index in [4.69, 9.17) is 11.5 Å². The van der Waals surface area contributed by atoms with Gasteiger partial charge in [-0.05, 0) is 106 Å². The number of carbonyl (C=O) groups excluding carboxylic acids is 16. The predicted molar refractivity (Wildman–Crippen MR) is 455 cm³/mol. The molecular weight excluding hydrogens is 1670 g/mol. The third-order valence-electron chi connectivity index (χ3n) is 19.6. The van der Waals surface area contributed by atoms with E-state index in [9.17, 15) is 92.3 Å². The van der Waals surface area contributed by atoms with Crippen LogP contribution in [0.3, 0.4) is 0 Å². The number of aliphatic hydroxyl groups is 1. The number of carboxylic acid groups (broad SMARTS) is 2. The number of nitrogens with two attached hydrogens (primary N) is 2. The molecule has 1 saturated heterocycles. The van der Waals surface area contributed by atoms with Gasteiger partial charge in [-0.2, -0.15) is 0 Å². The average Bonchev–Trinajstić information content (AvgIpc) is 1.66. The summed E-state index contributed by atoms with van der Waals surface area (Å²) in [6.45, 7) is 10.2. The number of amides is 16. The summed E-state index contributed by atoms with van der Waals surface area (Å²) in [6.07, 6.45) is -1.05. The molecule has 25 N–H and O–H groups in total. The van der Waals surface area contributed by atoms with Gasteiger partial charge in [-0.1, -0.05) is 110 Å². The first-order valence-electron chi connectivity index (χ1n) is 40.4. The second kappa shape index (κ2) is 50.2. The Morgan fingerprint density at radius 1 is 0.568 bits per heavy atom. The molecule has 125 heavy (non-hydrogen) atoms. The fraction of sp³-hybridized carbons (Fsp3) is 0.494. The molecule has 0 bridgehead atoms. The highest BCUT2D eigenvalue weighted by Gasteiger charge is 2.40. The SMILES string of the molecule is CC(=O)N[C@@H](CC(=O)O)C(=O)N[C@H]1CSSC[C@@H](C(=O)N[C@H](C(=O)N[C@@H](Cc2ccccc2)C(=O)N[C@@H](C)C(N)=O)[C@@H](C)O)NC(=O)[C@H](Cc2c[nH]c3ccccc23)NC(=O)[C@H](C(C)C)NC(=O)[C@H](CC(C)C)NC(=O)[C@H](CCC(=O)O)NC(=O)CNC(=O)[C@H](CCCCN)NC(=O)[C@H](Cc2cnc[nH]2)NC(=O)[C@H](Cc2ccc(O)cc2)NC(=O)[C@H](C)NC1=O. The number of benzene rings is 3. The second-order valence-electron chi connectivity index (χ2n) is 30.8. The lowest BCUT2D eigenvalue weighted by Gasteiger charge is -2.29. The van der Waals surface area contributed by atoms with Crippen molar-refractivity contribution < 1.29 is 107 Å². The molecular formula is C81H112N20O22S2. The van der Waals surface area contributed by atoms with Crippen LogP contribution in [0.25, 0.3) is 10.9 Å². The summed E-state index contributed by atoms with van der Waals surface area (Å²) in [5, 5.41) is 79.5. The second-order valence-corrected chi connectivity index (χ2v) is 33.4. The summed E-state index contributed by atoms with van der Waals surface area (Å²) in [7, 11) is 1.41. The lowest BCUT2D eigenvalue weighted by molar-refractivity contribution is -0.141. The van der Waals surface area contributed by atoms with Crippen molar-refractivity contribution in [3.8, 4) is 5.75 Å². The Hall–Kier alpha value is -12.7. The monoisotopic (exact) mass is 1780 g/mol. The number of carbonyl (C=O) groups is 18. The molecule has 2 aromatic heterocycles. The molecule has 42 nitrogen and oxygen atoms in total. The standard InChI is InChI=1S/C81H112N20O22S2/c1-40(2)28-55-77(119)100-66(41(3)4)80(122)97-58(31-48-34-85-52-19-13-12-18-51(48)52)74(116)99-62(79(121)101-67(44(7)102)81(123)96-56(29-46-16-10-9-11-17-46)72(114)88-42(5)68(83)110)38-125-124-37-61(98-76(118)60(33-65(108)109)90-45(8)103)78(120)89-43(6)69(111)93-57(30-47-21-23-50(104)24-22-47)73(115)95-59(32-49-35-84-39-87-49)75(117)92-53(20-14-15-27-82)70(112)86-36-63(105)91-54(71(113)94-55)25-26-64(106)107/h9-13,16-19,21-24,34-35,39-44,53-62,66-67,85,102,104H,14-15,20,25-33,36-38,82H2,1-8H3,(H2,83,110)(H,84,87)(H,86,112)(H,88,114)(H,89,120)(H,90,103)(H,91,105)(H,92,117)(H,93,111)(H,94,113)(H,95,115)(H,96,123)(H,97,122)(H,98,118)(H,99,116)(H,100,119)(H,101,121)(H,106,107)(H,108,109)/t42-,43-,44+,53-,54-,55-,56-,57-,58-,59-,60-,61-,62-,66-,67-/m0/s1. The van der Waals surface area contributed by atoms with Crippen LogP contribution in [0.15, 0.2) is 97.6 Å². The van der Waals surface area contributed by atoms with E-state index in [2.05, 4.69) is 94.7 Å². The zero-order chi connectivity index (χ0) is 92.3. The Balaban J connectivity index is 1.50. The molecule has 1 fully saturated rings. The number of aromatic hydroxyl groups is 1. The Morgan fingerprint density at radius 2 is 1.17 bits per heavy atom. The summed E-state index contributed by atoms with van der Waals surface area (Å²) in [6, 6.07) is -2.95. The van der Waals surface area contributed by atoms with E-state index in [-0.39, 0.29) is 62.9 Å². The molecule has 0 unspecified atom stereocenters. The first-order valence-corrected chi connectivity index (χ1v) is 42.9. The van der Waals surface area contributed by atoms with E-state index in [1.165, 1.54) is 64.5 Å². The van der Waals surface area contributed by atoms with E-state index in [1.807, 2.05) is 0 Å². The van der Waals surface area contributed by atoms with Gasteiger partial charge in [0.25, 0.3) is 0 Å². The molecule has 0 saturated carbocycles. The fourth-order valence-electron chi connectivity index (χ4n) is 12.8. The number of unbranched alkanes of at least 4 members (excludes halogenated alkanes) is 1. The van der Waals surface area contributed by atoms with E-state index < -0.39 is 246 Å². The van der Waals surface area contributed by atoms with Gasteiger partial charge >= 0.3 is 11.9 Å². The van der Waals surface area contributed by atoms with Gasteiger partial charge in [-0.3, -0.25) is 86.3 Å². The fourth-order valence-corrected chi connectivity index (χ4v) is 15.2. The molecule has 3 heterocycles. The number of rotatable bonds is 31. The molecule has 0 radical (unpaired) electrons. The third kappa shape index (κ3) is 33.8. The minimum absolute atomic E-state index is 0.118. The van der Waals surface area contributed by atoms with Gasteiger partial charge in [0, 0.05) is 79.5 Å². The number of aliphatic hydroxyl groups excluding tert-OH is 1. The molecule has 680 valence electrons. The van der Waals surface area contributed by atoms with Crippen molar-refractivity contribution >= 4 is 139 Å². The van der Waals surface area contributed by atoms with Gasteiger partial charge in [-0.15, -0.1) is 0 Å². The lowest BCUT2D eigenvalue weighted by atomic mass is 9.98. The molecule has 1 aliphatic heterocycles. The van der Waals surface area contributed by atoms with E-state index >= 15 is 14.4 Å². The summed E-state index contributed by atoms with van der Waals surface area (Å²) < 4.78 is 0. The number of hydrogen-bond acceptors (Lipinski definition) is 24. The molecule has 6 rings (SSSR count). The number of H-pyrrole nitrogens is 2. The van der Waals surface area contributed by atoms with E-state index in [0.29, 0.717) is 55.6 Å². The number of carboxylic acids is 2. The minimum Gasteiger partial charge on any atom is -0.508 e. The first kappa shape index (κ1) is 101. The van der Waals surface area contributed by atoms with Crippen LogP contribution in [0.2, 0.25) is 0 Å². The number of nitrogens with one attached hydrogen (secondary N) is 17. The maximum absolute atomic E-state index is 15.5. The highest BCUT2D eigenvalue weighted by molar-refractivity contribution is 8.76. The zero-order valence-electron chi connectivity index (χ0n) is 70.2. The van der Waals surface area contributed by atoms with Crippen LogP contribution >= 0.6 is 21.6 Å². The van der Waals surface area contributed by atoms with Gasteiger partial charge in [0.2, 0.25) is 94.5 Å². The van der Waals surface area contributed by atoms with Crippen molar-refractivity contribution in [2.24, 2.45) is 23.3 Å². The number of aromatic nitrogens is 3. The Morgan fingerprint density at radius 3 is 1.79 bits per heavy atom. The van der Waals surface area contributed by atoms with Crippen LogP contribution < -0.4 is 91.2 Å². The number of aliphatic carboxylic acids is 2. The van der Waals surface area contributed by atoms with Crippen molar-refractivity contribution in [1.82, 2.24) is 94.7 Å². The summed E-state index contributed by atoms with van der Waals surface area (Å²) in [4.78, 5) is 264. The quantitative estimate of drug-likeness (QED) is 0.0150. The number of para-hydroxylation sites is 1. The molecule has 0 spiro atoms. The molecule has 44 heteroatoms. The number of imidazole rings is 1. The lowest BCUT2D eigenvalue weighted by Crippen LogP contribution is -2.62.